The van der Waals surface area contributed by atoms with Gasteiger partial charge in [0.25, 0.3) is 5.56 Å². The molecule has 0 atom stereocenters. The first-order valence-corrected chi connectivity index (χ1v) is 8.75. The summed E-state index contributed by atoms with van der Waals surface area (Å²) < 4.78 is 27.5. The van der Waals surface area contributed by atoms with E-state index in [0.717, 1.165) is 5.56 Å². The van der Waals surface area contributed by atoms with Gasteiger partial charge >= 0.3 is 0 Å². The SMILES string of the molecule is COc1ccc2c(=O)[nH]nc(-c3ccc(CS(N)(=O)=O)cc3)c2c1. The first-order chi connectivity index (χ1) is 11.4. The van der Waals surface area contributed by atoms with Crippen LogP contribution in [-0.4, -0.2) is 25.7 Å². The lowest BCUT2D eigenvalue weighted by molar-refractivity contribution is 0.415. The van der Waals surface area contributed by atoms with Crippen molar-refractivity contribution in [3.05, 3.63) is 58.4 Å². The third kappa shape index (κ3) is 3.29. The summed E-state index contributed by atoms with van der Waals surface area (Å²) in [6.07, 6.45) is 0. The van der Waals surface area contributed by atoms with Crippen molar-refractivity contribution in [1.29, 1.82) is 0 Å². The van der Waals surface area contributed by atoms with Gasteiger partial charge in [-0.1, -0.05) is 24.3 Å². The number of nitrogens with zero attached hydrogens (tertiary/aromatic N) is 1. The van der Waals surface area contributed by atoms with Crippen molar-refractivity contribution in [3.8, 4) is 17.0 Å². The average molecular weight is 345 g/mol. The molecular weight excluding hydrogens is 330 g/mol. The first-order valence-electron chi connectivity index (χ1n) is 7.03. The highest BCUT2D eigenvalue weighted by Gasteiger charge is 2.11. The molecule has 3 N–H and O–H groups in total. The quantitative estimate of drug-likeness (QED) is 0.741. The van der Waals surface area contributed by atoms with Crippen molar-refractivity contribution in [2.24, 2.45) is 5.14 Å². The van der Waals surface area contributed by atoms with E-state index in [-0.39, 0.29) is 11.3 Å². The minimum absolute atomic E-state index is 0.235. The maximum Gasteiger partial charge on any atom is 0.272 e. The minimum Gasteiger partial charge on any atom is -0.497 e. The zero-order valence-corrected chi connectivity index (χ0v) is 13.6. The predicted molar refractivity (Wildman–Crippen MR) is 91.2 cm³/mol. The molecule has 0 saturated heterocycles. The van der Waals surface area contributed by atoms with Gasteiger partial charge in [0.2, 0.25) is 10.0 Å². The molecule has 0 fully saturated rings. The number of hydrogen-bond donors (Lipinski definition) is 2. The highest BCUT2D eigenvalue weighted by atomic mass is 32.2. The van der Waals surface area contributed by atoms with Crippen LogP contribution in [0.1, 0.15) is 5.56 Å². The Morgan fingerprint density at radius 2 is 1.83 bits per heavy atom. The number of aromatic nitrogens is 2. The van der Waals surface area contributed by atoms with Gasteiger partial charge < -0.3 is 4.74 Å². The second-order valence-electron chi connectivity index (χ2n) is 5.32. The van der Waals surface area contributed by atoms with Gasteiger partial charge in [-0.2, -0.15) is 5.10 Å². The van der Waals surface area contributed by atoms with Gasteiger partial charge in [0.05, 0.1) is 23.9 Å². The summed E-state index contributed by atoms with van der Waals surface area (Å²) >= 11 is 0. The molecule has 3 rings (SSSR count). The summed E-state index contributed by atoms with van der Waals surface area (Å²) in [5, 5.41) is 12.8. The molecule has 1 aromatic heterocycles. The highest BCUT2D eigenvalue weighted by molar-refractivity contribution is 7.88. The third-order valence-corrected chi connectivity index (χ3v) is 4.33. The fourth-order valence-corrected chi connectivity index (χ4v) is 3.14. The topological polar surface area (TPSA) is 115 Å². The van der Waals surface area contributed by atoms with E-state index in [1.807, 2.05) is 0 Å². The lowest BCUT2D eigenvalue weighted by Gasteiger charge is -2.08. The Hall–Kier alpha value is -2.71. The van der Waals surface area contributed by atoms with Crippen LogP contribution < -0.4 is 15.4 Å². The second kappa shape index (κ2) is 6.06. The average Bonchev–Trinajstić information content (AvgIpc) is 2.54. The Morgan fingerprint density at radius 1 is 1.12 bits per heavy atom. The van der Waals surface area contributed by atoms with Crippen LogP contribution in [0.3, 0.4) is 0 Å². The number of primary sulfonamides is 1. The Kier molecular flexibility index (Phi) is 4.08. The van der Waals surface area contributed by atoms with Crippen LogP contribution in [-0.2, 0) is 15.8 Å². The molecule has 2 aromatic carbocycles. The molecule has 1 heterocycles. The van der Waals surface area contributed by atoms with E-state index in [2.05, 4.69) is 10.2 Å². The van der Waals surface area contributed by atoms with Crippen LogP contribution in [0.2, 0.25) is 0 Å². The van der Waals surface area contributed by atoms with Crippen LogP contribution in [0.4, 0.5) is 0 Å². The van der Waals surface area contributed by atoms with E-state index in [0.29, 0.717) is 27.8 Å². The largest absolute Gasteiger partial charge is 0.497 e. The monoisotopic (exact) mass is 345 g/mol. The molecule has 24 heavy (non-hydrogen) atoms. The van der Waals surface area contributed by atoms with Gasteiger partial charge in [-0.15, -0.1) is 0 Å². The zero-order chi connectivity index (χ0) is 17.3. The molecule has 0 amide bonds. The van der Waals surface area contributed by atoms with Crippen molar-refractivity contribution in [2.45, 2.75) is 5.75 Å². The molecule has 0 spiro atoms. The van der Waals surface area contributed by atoms with Crippen LogP contribution in [0, 0.1) is 0 Å². The Balaban J connectivity index is 2.12. The van der Waals surface area contributed by atoms with Gasteiger partial charge in [-0.05, 0) is 23.8 Å². The molecule has 124 valence electrons. The van der Waals surface area contributed by atoms with Crippen molar-refractivity contribution < 1.29 is 13.2 Å². The number of hydrogen-bond acceptors (Lipinski definition) is 5. The standard InChI is InChI=1S/C16H15N3O4S/c1-23-12-6-7-13-14(8-12)15(18-19-16(13)20)11-4-2-10(3-5-11)9-24(17,21)22/h2-8H,9H2,1H3,(H,19,20)(H2,17,21,22). The number of fused-ring (bicyclic) bond motifs is 1. The van der Waals surface area contributed by atoms with E-state index < -0.39 is 10.0 Å². The maximum absolute atomic E-state index is 11.9. The lowest BCUT2D eigenvalue weighted by atomic mass is 10.0. The molecular formula is C16H15N3O4S. The molecule has 0 unspecified atom stereocenters. The van der Waals surface area contributed by atoms with Gasteiger partial charge in [-0.25, -0.2) is 18.7 Å². The number of ether oxygens (including phenoxy) is 1. The Bertz CT molecular complexity index is 1060. The van der Waals surface area contributed by atoms with Crippen LogP contribution in [0.5, 0.6) is 5.75 Å². The second-order valence-corrected chi connectivity index (χ2v) is 6.93. The van der Waals surface area contributed by atoms with Crippen molar-refractivity contribution >= 4 is 20.8 Å². The summed E-state index contributed by atoms with van der Waals surface area (Å²) in [7, 11) is -2.04. The number of rotatable bonds is 4. The van der Waals surface area contributed by atoms with Gasteiger partial charge in [0.1, 0.15) is 5.75 Å². The van der Waals surface area contributed by atoms with E-state index in [4.69, 9.17) is 9.88 Å². The Morgan fingerprint density at radius 3 is 2.46 bits per heavy atom. The molecule has 0 saturated carbocycles. The van der Waals surface area contributed by atoms with E-state index in [1.165, 1.54) is 0 Å². The zero-order valence-electron chi connectivity index (χ0n) is 12.8. The number of sulfonamides is 1. The number of nitrogens with two attached hydrogens (primary N) is 1. The van der Waals surface area contributed by atoms with Crippen molar-refractivity contribution in [1.82, 2.24) is 10.2 Å². The first kappa shape index (κ1) is 16.2. The van der Waals surface area contributed by atoms with Gasteiger partial charge in [-0.3, -0.25) is 4.79 Å². The Labute approximate surface area is 138 Å². The molecule has 8 heteroatoms. The van der Waals surface area contributed by atoms with Gasteiger partial charge in [0.15, 0.2) is 0 Å². The number of benzene rings is 2. The smallest absolute Gasteiger partial charge is 0.272 e. The highest BCUT2D eigenvalue weighted by Crippen LogP contribution is 2.27. The van der Waals surface area contributed by atoms with E-state index in [1.54, 1.807) is 49.6 Å². The molecule has 0 bridgehead atoms. The number of methoxy groups -OCH3 is 1. The van der Waals surface area contributed by atoms with Crippen LogP contribution in [0.15, 0.2) is 47.3 Å². The van der Waals surface area contributed by atoms with E-state index in [9.17, 15) is 13.2 Å². The molecule has 7 nitrogen and oxygen atoms in total. The van der Waals surface area contributed by atoms with Gasteiger partial charge in [0, 0.05) is 10.9 Å². The minimum atomic E-state index is -3.58. The van der Waals surface area contributed by atoms with E-state index >= 15 is 0 Å². The normalized spacial score (nSPS) is 11.6. The number of aromatic amines is 1. The fraction of sp³-hybridized carbons (Fsp3) is 0.125. The lowest BCUT2D eigenvalue weighted by Crippen LogP contribution is -2.14. The fourth-order valence-electron chi connectivity index (χ4n) is 2.48. The van der Waals surface area contributed by atoms with Crippen LogP contribution in [0.25, 0.3) is 22.0 Å². The molecule has 0 aliphatic carbocycles. The van der Waals surface area contributed by atoms with Crippen molar-refractivity contribution in [3.63, 3.8) is 0 Å². The summed E-state index contributed by atoms with van der Waals surface area (Å²) in [4.78, 5) is 11.9. The van der Waals surface area contributed by atoms with Crippen LogP contribution >= 0.6 is 0 Å². The summed E-state index contributed by atoms with van der Waals surface area (Å²) in [6, 6.07) is 11.9. The predicted octanol–water partition coefficient (Wildman–Crippen LogP) is 1.39. The molecule has 0 aliphatic rings. The summed E-state index contributed by atoms with van der Waals surface area (Å²) in [5.74, 6) is 0.378. The third-order valence-electron chi connectivity index (χ3n) is 3.59. The molecule has 0 radical (unpaired) electrons. The molecule has 3 aromatic rings. The maximum atomic E-state index is 11.9. The summed E-state index contributed by atoms with van der Waals surface area (Å²) in [5.41, 5.74) is 1.60. The number of H-pyrrole nitrogens is 1. The molecule has 0 aliphatic heterocycles. The summed E-state index contributed by atoms with van der Waals surface area (Å²) in [6.45, 7) is 0. The van der Waals surface area contributed by atoms with Crippen molar-refractivity contribution in [2.75, 3.05) is 7.11 Å². The number of nitrogens with one attached hydrogen (secondary N) is 1.